The highest BCUT2D eigenvalue weighted by Gasteiger charge is 2.30. The summed E-state index contributed by atoms with van der Waals surface area (Å²) in [6.07, 6.45) is 2.10. The summed E-state index contributed by atoms with van der Waals surface area (Å²) in [5, 5.41) is 0. The summed E-state index contributed by atoms with van der Waals surface area (Å²) >= 11 is 0. The number of amides is 1. The molecule has 4 nitrogen and oxygen atoms in total. The van der Waals surface area contributed by atoms with Gasteiger partial charge in [-0.1, -0.05) is 12.1 Å². The zero-order valence-corrected chi connectivity index (χ0v) is 13.2. The van der Waals surface area contributed by atoms with Crippen molar-refractivity contribution in [3.05, 3.63) is 30.1 Å². The van der Waals surface area contributed by atoms with Crippen molar-refractivity contribution in [2.24, 2.45) is 5.92 Å². The Morgan fingerprint density at radius 3 is 2.55 bits per heavy atom. The van der Waals surface area contributed by atoms with E-state index in [1.165, 1.54) is 6.07 Å². The number of para-hydroxylation sites is 1. The van der Waals surface area contributed by atoms with Crippen LogP contribution in [0.4, 0.5) is 10.1 Å². The number of carbonyl (C=O) groups is 1. The van der Waals surface area contributed by atoms with Gasteiger partial charge in [0.1, 0.15) is 5.82 Å². The Bertz CT molecular complexity index is 528. The minimum atomic E-state index is -0.184. The van der Waals surface area contributed by atoms with Gasteiger partial charge in [0.05, 0.1) is 11.6 Å². The lowest BCUT2D eigenvalue weighted by atomic mass is 9.96. The molecule has 120 valence electrons. The maximum Gasteiger partial charge on any atom is 0.227 e. The SMILES string of the molecule is CN1CCCC(C(=O)N2CCN(c3ccccc3F)CC2)C1. The molecule has 0 radical (unpaired) electrons. The van der Waals surface area contributed by atoms with Crippen LogP contribution in [0.25, 0.3) is 0 Å². The Kier molecular flexibility index (Phi) is 4.62. The van der Waals surface area contributed by atoms with E-state index in [2.05, 4.69) is 11.9 Å². The van der Waals surface area contributed by atoms with Crippen LogP contribution in [-0.4, -0.2) is 62.0 Å². The number of hydrogen-bond acceptors (Lipinski definition) is 3. The van der Waals surface area contributed by atoms with Crippen molar-refractivity contribution >= 4 is 11.6 Å². The first-order valence-electron chi connectivity index (χ1n) is 8.12. The number of rotatable bonds is 2. The third kappa shape index (κ3) is 3.24. The molecule has 22 heavy (non-hydrogen) atoms. The highest BCUT2D eigenvalue weighted by molar-refractivity contribution is 5.79. The van der Waals surface area contributed by atoms with E-state index in [0.717, 1.165) is 25.9 Å². The van der Waals surface area contributed by atoms with Gasteiger partial charge < -0.3 is 14.7 Å². The molecule has 0 aliphatic carbocycles. The molecular weight excluding hydrogens is 281 g/mol. The van der Waals surface area contributed by atoms with E-state index in [1.807, 2.05) is 21.9 Å². The van der Waals surface area contributed by atoms with Crippen molar-refractivity contribution in [2.75, 3.05) is 51.2 Å². The van der Waals surface area contributed by atoms with Gasteiger partial charge in [0.2, 0.25) is 5.91 Å². The third-order valence-electron chi connectivity index (χ3n) is 4.76. The van der Waals surface area contributed by atoms with Crippen molar-refractivity contribution < 1.29 is 9.18 Å². The average Bonchev–Trinajstić information content (AvgIpc) is 2.55. The van der Waals surface area contributed by atoms with Gasteiger partial charge in [0.25, 0.3) is 0 Å². The molecule has 1 unspecified atom stereocenters. The molecule has 0 saturated carbocycles. The minimum absolute atomic E-state index is 0.138. The summed E-state index contributed by atoms with van der Waals surface area (Å²) in [6, 6.07) is 6.86. The lowest BCUT2D eigenvalue weighted by molar-refractivity contribution is -0.137. The average molecular weight is 305 g/mol. The Morgan fingerprint density at radius 1 is 1.14 bits per heavy atom. The van der Waals surface area contributed by atoms with Crippen molar-refractivity contribution in [1.82, 2.24) is 9.80 Å². The first-order valence-corrected chi connectivity index (χ1v) is 8.12. The largest absolute Gasteiger partial charge is 0.366 e. The van der Waals surface area contributed by atoms with Gasteiger partial charge in [0, 0.05) is 32.7 Å². The second kappa shape index (κ2) is 6.65. The molecule has 2 fully saturated rings. The van der Waals surface area contributed by atoms with Gasteiger partial charge in [-0.2, -0.15) is 0 Å². The summed E-state index contributed by atoms with van der Waals surface area (Å²) in [5.41, 5.74) is 0.645. The molecule has 0 bridgehead atoms. The van der Waals surface area contributed by atoms with Crippen LogP contribution < -0.4 is 4.90 Å². The number of piperazine rings is 1. The molecule has 2 saturated heterocycles. The molecule has 0 spiro atoms. The molecule has 2 aliphatic rings. The molecular formula is C17H24FN3O. The van der Waals surface area contributed by atoms with E-state index >= 15 is 0 Å². The number of benzene rings is 1. The van der Waals surface area contributed by atoms with Crippen LogP contribution in [0.1, 0.15) is 12.8 Å². The van der Waals surface area contributed by atoms with E-state index in [-0.39, 0.29) is 17.6 Å². The minimum Gasteiger partial charge on any atom is -0.366 e. The first kappa shape index (κ1) is 15.3. The number of hydrogen-bond donors (Lipinski definition) is 0. The molecule has 5 heteroatoms. The topological polar surface area (TPSA) is 26.8 Å². The van der Waals surface area contributed by atoms with E-state index in [1.54, 1.807) is 6.07 Å². The van der Waals surface area contributed by atoms with Crippen molar-refractivity contribution in [2.45, 2.75) is 12.8 Å². The predicted molar refractivity (Wildman–Crippen MR) is 85.4 cm³/mol. The van der Waals surface area contributed by atoms with Gasteiger partial charge in [-0.05, 0) is 38.6 Å². The summed E-state index contributed by atoms with van der Waals surface area (Å²) in [4.78, 5) is 18.8. The number of halogens is 1. The number of anilines is 1. The highest BCUT2D eigenvalue weighted by Crippen LogP contribution is 2.22. The Hall–Kier alpha value is -1.62. The van der Waals surface area contributed by atoms with Crippen LogP contribution in [0.3, 0.4) is 0 Å². The molecule has 1 atom stereocenters. The highest BCUT2D eigenvalue weighted by atomic mass is 19.1. The lowest BCUT2D eigenvalue weighted by Gasteiger charge is -2.39. The monoisotopic (exact) mass is 305 g/mol. The maximum atomic E-state index is 13.8. The maximum absolute atomic E-state index is 13.8. The van der Waals surface area contributed by atoms with E-state index in [0.29, 0.717) is 31.9 Å². The van der Waals surface area contributed by atoms with Crippen molar-refractivity contribution in [3.8, 4) is 0 Å². The van der Waals surface area contributed by atoms with Crippen LogP contribution in [0.2, 0.25) is 0 Å². The van der Waals surface area contributed by atoms with Gasteiger partial charge in [0.15, 0.2) is 0 Å². The normalized spacial score (nSPS) is 23.6. The summed E-state index contributed by atoms with van der Waals surface area (Å²) in [6.45, 7) is 4.74. The van der Waals surface area contributed by atoms with Crippen LogP contribution in [0, 0.1) is 11.7 Å². The number of nitrogens with zero attached hydrogens (tertiary/aromatic N) is 3. The molecule has 2 aliphatic heterocycles. The fourth-order valence-electron chi connectivity index (χ4n) is 3.50. The molecule has 2 heterocycles. The Morgan fingerprint density at radius 2 is 1.86 bits per heavy atom. The zero-order valence-electron chi connectivity index (χ0n) is 13.2. The van der Waals surface area contributed by atoms with Gasteiger partial charge >= 0.3 is 0 Å². The van der Waals surface area contributed by atoms with Crippen LogP contribution in [-0.2, 0) is 4.79 Å². The molecule has 1 aromatic carbocycles. The third-order valence-corrected chi connectivity index (χ3v) is 4.76. The predicted octanol–water partition coefficient (Wildman–Crippen LogP) is 1.82. The molecule has 1 aromatic rings. The van der Waals surface area contributed by atoms with E-state index < -0.39 is 0 Å². The second-order valence-electron chi connectivity index (χ2n) is 6.37. The van der Waals surface area contributed by atoms with Gasteiger partial charge in [-0.15, -0.1) is 0 Å². The van der Waals surface area contributed by atoms with Gasteiger partial charge in [-0.3, -0.25) is 4.79 Å². The quantitative estimate of drug-likeness (QED) is 0.834. The fourth-order valence-corrected chi connectivity index (χ4v) is 3.50. The van der Waals surface area contributed by atoms with Gasteiger partial charge in [-0.25, -0.2) is 4.39 Å². The number of piperidine rings is 1. The molecule has 3 rings (SSSR count). The van der Waals surface area contributed by atoms with Crippen LogP contribution >= 0.6 is 0 Å². The summed E-state index contributed by atoms with van der Waals surface area (Å²) < 4.78 is 13.8. The first-order chi connectivity index (χ1) is 10.6. The van der Waals surface area contributed by atoms with E-state index in [4.69, 9.17) is 0 Å². The summed E-state index contributed by atoms with van der Waals surface area (Å²) in [5.74, 6) is 0.231. The number of carbonyl (C=O) groups excluding carboxylic acids is 1. The second-order valence-corrected chi connectivity index (χ2v) is 6.37. The smallest absolute Gasteiger partial charge is 0.227 e. The molecule has 0 aromatic heterocycles. The van der Waals surface area contributed by atoms with E-state index in [9.17, 15) is 9.18 Å². The zero-order chi connectivity index (χ0) is 15.5. The Labute approximate surface area is 131 Å². The fraction of sp³-hybridized carbons (Fsp3) is 0.588. The van der Waals surface area contributed by atoms with Crippen molar-refractivity contribution in [3.63, 3.8) is 0 Å². The van der Waals surface area contributed by atoms with Crippen LogP contribution in [0.5, 0.6) is 0 Å². The standard InChI is InChI=1S/C17H24FN3O/c1-19-8-4-5-14(13-19)17(22)21-11-9-20(10-12-21)16-7-3-2-6-15(16)18/h2-3,6-7,14H,4-5,8-13H2,1H3. The molecule has 1 amide bonds. The number of likely N-dealkylation sites (tertiary alicyclic amines) is 1. The molecule has 0 N–H and O–H groups in total. The summed E-state index contributed by atoms with van der Waals surface area (Å²) in [7, 11) is 2.08. The lowest BCUT2D eigenvalue weighted by Crippen LogP contribution is -2.52. The Balaban J connectivity index is 1.57. The van der Waals surface area contributed by atoms with Crippen LogP contribution in [0.15, 0.2) is 24.3 Å². The van der Waals surface area contributed by atoms with Crippen molar-refractivity contribution in [1.29, 1.82) is 0 Å².